The van der Waals surface area contributed by atoms with Crippen molar-refractivity contribution in [2.75, 3.05) is 5.32 Å². The molecule has 0 aliphatic carbocycles. The molecule has 2 aromatic rings. The number of carbonyl (C=O) groups is 3. The van der Waals surface area contributed by atoms with Gasteiger partial charge in [0.05, 0.1) is 12.0 Å². The standard InChI is InChI=1S/C20H22N2O4/c1-13(2)19(24)22-17-8-6-14(7-9-17)12-21-18(23)11-15-4-3-5-16(10-15)20(25)26/h3-10,13H,11-12H2,1-2H3,(H,21,23)(H,22,24)(H,25,26). The molecule has 0 unspecified atom stereocenters. The summed E-state index contributed by atoms with van der Waals surface area (Å²) in [6.45, 7) is 4.01. The average Bonchev–Trinajstić information content (AvgIpc) is 2.61. The average molecular weight is 354 g/mol. The van der Waals surface area contributed by atoms with Crippen LogP contribution in [0.4, 0.5) is 5.69 Å². The van der Waals surface area contributed by atoms with Crippen molar-refractivity contribution < 1.29 is 19.5 Å². The topological polar surface area (TPSA) is 95.5 Å². The van der Waals surface area contributed by atoms with Crippen LogP contribution in [0.3, 0.4) is 0 Å². The highest BCUT2D eigenvalue weighted by molar-refractivity contribution is 5.92. The van der Waals surface area contributed by atoms with Crippen molar-refractivity contribution in [3.05, 3.63) is 65.2 Å². The Morgan fingerprint density at radius 1 is 1.00 bits per heavy atom. The molecule has 0 saturated carbocycles. The molecule has 0 atom stereocenters. The molecule has 0 heterocycles. The van der Waals surface area contributed by atoms with E-state index in [-0.39, 0.29) is 29.7 Å². The van der Waals surface area contributed by atoms with Gasteiger partial charge in [-0.15, -0.1) is 0 Å². The van der Waals surface area contributed by atoms with Gasteiger partial charge in [-0.3, -0.25) is 9.59 Å². The molecule has 3 N–H and O–H groups in total. The molecule has 0 aromatic heterocycles. The van der Waals surface area contributed by atoms with Crippen LogP contribution in [0.2, 0.25) is 0 Å². The summed E-state index contributed by atoms with van der Waals surface area (Å²) in [6, 6.07) is 13.6. The number of rotatable bonds is 7. The fourth-order valence-corrected chi connectivity index (χ4v) is 2.26. The van der Waals surface area contributed by atoms with Gasteiger partial charge < -0.3 is 15.7 Å². The van der Waals surface area contributed by atoms with Gasteiger partial charge in [0.1, 0.15) is 0 Å². The fraction of sp³-hybridized carbons (Fsp3) is 0.250. The molecule has 26 heavy (non-hydrogen) atoms. The van der Waals surface area contributed by atoms with Gasteiger partial charge in [0.15, 0.2) is 0 Å². The minimum Gasteiger partial charge on any atom is -0.478 e. The van der Waals surface area contributed by atoms with Gasteiger partial charge in [0.25, 0.3) is 0 Å². The van der Waals surface area contributed by atoms with Crippen LogP contribution in [0.1, 0.15) is 35.3 Å². The fourth-order valence-electron chi connectivity index (χ4n) is 2.26. The molecule has 6 heteroatoms. The van der Waals surface area contributed by atoms with Crippen molar-refractivity contribution in [3.8, 4) is 0 Å². The largest absolute Gasteiger partial charge is 0.478 e. The Bertz CT molecular complexity index is 798. The lowest BCUT2D eigenvalue weighted by atomic mass is 10.1. The van der Waals surface area contributed by atoms with E-state index < -0.39 is 5.97 Å². The first-order chi connectivity index (χ1) is 12.3. The number of carboxylic acids is 1. The van der Waals surface area contributed by atoms with Crippen molar-refractivity contribution in [2.45, 2.75) is 26.8 Å². The van der Waals surface area contributed by atoms with Crippen molar-refractivity contribution in [2.24, 2.45) is 5.92 Å². The monoisotopic (exact) mass is 354 g/mol. The zero-order chi connectivity index (χ0) is 19.1. The SMILES string of the molecule is CC(C)C(=O)Nc1ccc(CNC(=O)Cc2cccc(C(=O)O)c2)cc1. The Morgan fingerprint density at radius 2 is 1.69 bits per heavy atom. The normalized spacial score (nSPS) is 10.4. The summed E-state index contributed by atoms with van der Waals surface area (Å²) in [6.07, 6.45) is 0.115. The van der Waals surface area contributed by atoms with Crippen LogP contribution in [0, 0.1) is 5.92 Å². The molecule has 2 amide bonds. The minimum absolute atomic E-state index is 0.0466. The number of carbonyl (C=O) groups excluding carboxylic acids is 2. The van der Waals surface area contributed by atoms with E-state index in [9.17, 15) is 14.4 Å². The smallest absolute Gasteiger partial charge is 0.335 e. The second kappa shape index (κ2) is 8.80. The zero-order valence-corrected chi connectivity index (χ0v) is 14.8. The van der Waals surface area contributed by atoms with Crippen LogP contribution in [0.5, 0.6) is 0 Å². The van der Waals surface area contributed by atoms with E-state index in [0.29, 0.717) is 17.8 Å². The molecule has 0 fully saturated rings. The number of hydrogen-bond donors (Lipinski definition) is 3. The molecule has 6 nitrogen and oxygen atoms in total. The van der Waals surface area contributed by atoms with Crippen LogP contribution in [-0.2, 0) is 22.6 Å². The summed E-state index contributed by atoms with van der Waals surface area (Å²) in [5, 5.41) is 14.6. The lowest BCUT2D eigenvalue weighted by Crippen LogP contribution is -2.24. The quantitative estimate of drug-likeness (QED) is 0.712. The first-order valence-electron chi connectivity index (χ1n) is 8.34. The number of benzene rings is 2. The van der Waals surface area contributed by atoms with E-state index in [1.807, 2.05) is 26.0 Å². The lowest BCUT2D eigenvalue weighted by molar-refractivity contribution is -0.120. The lowest BCUT2D eigenvalue weighted by Gasteiger charge is -2.09. The highest BCUT2D eigenvalue weighted by Gasteiger charge is 2.08. The van der Waals surface area contributed by atoms with Crippen molar-refractivity contribution in [3.63, 3.8) is 0 Å². The Morgan fingerprint density at radius 3 is 2.31 bits per heavy atom. The summed E-state index contributed by atoms with van der Waals surface area (Å²) < 4.78 is 0. The van der Waals surface area contributed by atoms with E-state index in [2.05, 4.69) is 10.6 Å². The summed E-state index contributed by atoms with van der Waals surface area (Å²) >= 11 is 0. The van der Waals surface area contributed by atoms with Gasteiger partial charge in [-0.2, -0.15) is 0 Å². The van der Waals surface area contributed by atoms with E-state index >= 15 is 0 Å². The second-order valence-corrected chi connectivity index (χ2v) is 6.30. The number of amides is 2. The number of nitrogens with one attached hydrogen (secondary N) is 2. The molecule has 136 valence electrons. The first kappa shape index (κ1) is 19.2. The summed E-state index contributed by atoms with van der Waals surface area (Å²) in [5.74, 6) is -1.34. The Hall–Kier alpha value is -3.15. The molecule has 2 aromatic carbocycles. The Balaban J connectivity index is 1.86. The molecule has 0 aliphatic heterocycles. The van der Waals surface area contributed by atoms with Gasteiger partial charge >= 0.3 is 5.97 Å². The summed E-state index contributed by atoms with van der Waals surface area (Å²) in [4.78, 5) is 34.6. The molecular weight excluding hydrogens is 332 g/mol. The predicted octanol–water partition coefficient (Wildman–Crippen LogP) is 2.84. The maximum atomic E-state index is 12.0. The van der Waals surface area contributed by atoms with Crippen molar-refractivity contribution in [1.82, 2.24) is 5.32 Å². The molecule has 2 rings (SSSR count). The first-order valence-corrected chi connectivity index (χ1v) is 8.34. The number of aromatic carboxylic acids is 1. The highest BCUT2D eigenvalue weighted by atomic mass is 16.4. The van der Waals surface area contributed by atoms with Crippen LogP contribution >= 0.6 is 0 Å². The molecule has 0 bridgehead atoms. The summed E-state index contributed by atoms with van der Waals surface area (Å²) in [7, 11) is 0. The van der Waals surface area contributed by atoms with Gasteiger partial charge in [0, 0.05) is 18.2 Å². The van der Waals surface area contributed by atoms with E-state index in [1.165, 1.54) is 12.1 Å². The predicted molar refractivity (Wildman–Crippen MR) is 98.9 cm³/mol. The van der Waals surface area contributed by atoms with Crippen LogP contribution < -0.4 is 10.6 Å². The number of anilines is 1. The second-order valence-electron chi connectivity index (χ2n) is 6.30. The van der Waals surface area contributed by atoms with Crippen molar-refractivity contribution >= 4 is 23.5 Å². The van der Waals surface area contributed by atoms with Crippen LogP contribution in [-0.4, -0.2) is 22.9 Å². The molecule has 0 radical (unpaired) electrons. The summed E-state index contributed by atoms with van der Waals surface area (Å²) in [5.41, 5.74) is 2.42. The highest BCUT2D eigenvalue weighted by Crippen LogP contribution is 2.11. The van der Waals surface area contributed by atoms with Gasteiger partial charge in [-0.25, -0.2) is 4.79 Å². The molecular formula is C20H22N2O4. The van der Waals surface area contributed by atoms with Gasteiger partial charge in [-0.1, -0.05) is 38.1 Å². The van der Waals surface area contributed by atoms with Gasteiger partial charge in [0.2, 0.25) is 11.8 Å². The van der Waals surface area contributed by atoms with E-state index in [0.717, 1.165) is 5.56 Å². The van der Waals surface area contributed by atoms with E-state index in [4.69, 9.17) is 5.11 Å². The maximum absolute atomic E-state index is 12.0. The number of carboxylic acid groups (broad SMARTS) is 1. The minimum atomic E-state index is -1.02. The maximum Gasteiger partial charge on any atom is 0.335 e. The third-order valence-corrected chi connectivity index (χ3v) is 3.77. The van der Waals surface area contributed by atoms with Gasteiger partial charge in [-0.05, 0) is 35.4 Å². The third kappa shape index (κ3) is 5.73. The van der Waals surface area contributed by atoms with Crippen molar-refractivity contribution in [1.29, 1.82) is 0 Å². The van der Waals surface area contributed by atoms with Crippen LogP contribution in [0.25, 0.3) is 0 Å². The third-order valence-electron chi connectivity index (χ3n) is 3.77. The van der Waals surface area contributed by atoms with E-state index in [1.54, 1.807) is 24.3 Å². The Kier molecular flexibility index (Phi) is 6.49. The molecule has 0 aliphatic rings. The Labute approximate surface area is 152 Å². The zero-order valence-electron chi connectivity index (χ0n) is 14.8. The van der Waals surface area contributed by atoms with Crippen LogP contribution in [0.15, 0.2) is 48.5 Å². The molecule has 0 spiro atoms. The molecule has 0 saturated heterocycles. The number of hydrogen-bond acceptors (Lipinski definition) is 3.